The molecular formula is C13H16ClFN2O3S. The van der Waals surface area contributed by atoms with E-state index in [1.807, 2.05) is 6.92 Å². The summed E-state index contributed by atoms with van der Waals surface area (Å²) in [6.07, 6.45) is 3.13. The summed E-state index contributed by atoms with van der Waals surface area (Å²) in [5.74, 6) is -0.996. The molecule has 1 atom stereocenters. The lowest BCUT2D eigenvalue weighted by atomic mass is 10.1. The van der Waals surface area contributed by atoms with Gasteiger partial charge in [-0.1, -0.05) is 24.4 Å². The van der Waals surface area contributed by atoms with Crippen LogP contribution in [0.1, 0.15) is 36.5 Å². The Bertz CT molecular complexity index is 674. The molecule has 1 aromatic carbocycles. The predicted octanol–water partition coefficient (Wildman–Crippen LogP) is 2.04. The fraction of sp³-hybridized carbons (Fsp3) is 0.462. The fourth-order valence-electron chi connectivity index (χ4n) is 2.11. The zero-order valence-electron chi connectivity index (χ0n) is 11.4. The van der Waals surface area contributed by atoms with Gasteiger partial charge in [0.1, 0.15) is 5.82 Å². The highest BCUT2D eigenvalue weighted by molar-refractivity contribution is 7.89. The molecule has 0 aromatic heterocycles. The van der Waals surface area contributed by atoms with Gasteiger partial charge in [0.2, 0.25) is 10.0 Å². The lowest BCUT2D eigenvalue weighted by Gasteiger charge is -2.14. The van der Waals surface area contributed by atoms with Gasteiger partial charge in [-0.2, -0.15) is 0 Å². The molecule has 1 aliphatic carbocycles. The molecule has 0 aliphatic heterocycles. The summed E-state index contributed by atoms with van der Waals surface area (Å²) < 4.78 is 36.2. The number of rotatable bonds is 5. The largest absolute Gasteiger partial charge is 0.350 e. The molecule has 1 aromatic rings. The molecule has 3 N–H and O–H groups in total. The zero-order valence-corrected chi connectivity index (χ0v) is 13.0. The first-order valence-corrected chi connectivity index (χ1v) is 8.43. The van der Waals surface area contributed by atoms with Gasteiger partial charge in [0.05, 0.1) is 15.5 Å². The number of hydrogen-bond acceptors (Lipinski definition) is 3. The van der Waals surface area contributed by atoms with Crippen LogP contribution >= 0.6 is 11.6 Å². The Labute approximate surface area is 127 Å². The SMILES string of the molecule is CC(CC1CC1)NC(=O)c1cc(S(N)(=O)=O)cc(F)c1Cl. The van der Waals surface area contributed by atoms with Gasteiger partial charge in [-0.25, -0.2) is 17.9 Å². The van der Waals surface area contributed by atoms with Crippen molar-refractivity contribution in [1.82, 2.24) is 5.32 Å². The molecule has 2 rings (SSSR count). The van der Waals surface area contributed by atoms with Crippen molar-refractivity contribution in [3.8, 4) is 0 Å². The van der Waals surface area contributed by atoms with Crippen molar-refractivity contribution in [2.45, 2.75) is 37.1 Å². The van der Waals surface area contributed by atoms with Crippen LogP contribution in [-0.4, -0.2) is 20.4 Å². The first kappa shape index (κ1) is 16.2. The number of nitrogens with one attached hydrogen (secondary N) is 1. The molecular weight excluding hydrogens is 319 g/mol. The Hall–Kier alpha value is -1.18. The lowest BCUT2D eigenvalue weighted by Crippen LogP contribution is -2.33. The van der Waals surface area contributed by atoms with E-state index in [9.17, 15) is 17.6 Å². The van der Waals surface area contributed by atoms with E-state index in [4.69, 9.17) is 16.7 Å². The topological polar surface area (TPSA) is 89.3 Å². The number of hydrogen-bond donors (Lipinski definition) is 2. The molecule has 21 heavy (non-hydrogen) atoms. The summed E-state index contributed by atoms with van der Waals surface area (Å²) in [6, 6.07) is 1.59. The first-order chi connectivity index (χ1) is 9.68. The minimum Gasteiger partial charge on any atom is -0.350 e. The second-order valence-corrected chi connectivity index (χ2v) is 7.30. The van der Waals surface area contributed by atoms with Crippen molar-refractivity contribution in [2.24, 2.45) is 11.1 Å². The number of carbonyl (C=O) groups is 1. The van der Waals surface area contributed by atoms with Gasteiger partial charge in [-0.15, -0.1) is 0 Å². The van der Waals surface area contributed by atoms with E-state index in [0.717, 1.165) is 25.3 Å². The monoisotopic (exact) mass is 334 g/mol. The van der Waals surface area contributed by atoms with Crippen LogP contribution in [0.5, 0.6) is 0 Å². The number of benzene rings is 1. The van der Waals surface area contributed by atoms with E-state index < -0.39 is 31.7 Å². The van der Waals surface area contributed by atoms with Crippen LogP contribution < -0.4 is 10.5 Å². The second kappa shape index (κ2) is 5.90. The van der Waals surface area contributed by atoms with E-state index in [-0.39, 0.29) is 11.6 Å². The Kier molecular flexibility index (Phi) is 4.55. The summed E-state index contributed by atoms with van der Waals surface area (Å²) in [7, 11) is -4.11. The first-order valence-electron chi connectivity index (χ1n) is 6.51. The van der Waals surface area contributed by atoms with E-state index in [1.165, 1.54) is 0 Å². The molecule has 0 saturated heterocycles. The Balaban J connectivity index is 2.24. The normalized spacial score (nSPS) is 16.6. The van der Waals surface area contributed by atoms with Crippen LogP contribution in [0.3, 0.4) is 0 Å². The molecule has 5 nitrogen and oxygen atoms in total. The number of sulfonamides is 1. The number of halogens is 2. The van der Waals surface area contributed by atoms with Crippen LogP contribution in [0.2, 0.25) is 5.02 Å². The van der Waals surface area contributed by atoms with E-state index in [1.54, 1.807) is 0 Å². The average molecular weight is 335 g/mol. The van der Waals surface area contributed by atoms with Crippen LogP contribution in [0.4, 0.5) is 4.39 Å². The van der Waals surface area contributed by atoms with Gasteiger partial charge in [0.25, 0.3) is 5.91 Å². The summed E-state index contributed by atoms with van der Waals surface area (Å²) in [4.78, 5) is 11.6. The van der Waals surface area contributed by atoms with Gasteiger partial charge in [0, 0.05) is 6.04 Å². The molecule has 116 valence electrons. The average Bonchev–Trinajstić information content (AvgIpc) is 3.14. The molecule has 1 unspecified atom stereocenters. The van der Waals surface area contributed by atoms with Crippen molar-refractivity contribution in [1.29, 1.82) is 0 Å². The molecule has 0 bridgehead atoms. The molecule has 0 spiro atoms. The number of primary sulfonamides is 1. The minimum absolute atomic E-state index is 0.0951. The van der Waals surface area contributed by atoms with Gasteiger partial charge in [0.15, 0.2) is 0 Å². The van der Waals surface area contributed by atoms with Crippen LogP contribution in [0, 0.1) is 11.7 Å². The third kappa shape index (κ3) is 4.15. The maximum Gasteiger partial charge on any atom is 0.253 e. The maximum atomic E-state index is 13.7. The van der Waals surface area contributed by atoms with Crippen molar-refractivity contribution in [3.05, 3.63) is 28.5 Å². The summed E-state index contributed by atoms with van der Waals surface area (Å²) >= 11 is 5.74. The van der Waals surface area contributed by atoms with Crippen molar-refractivity contribution >= 4 is 27.5 Å². The molecule has 0 heterocycles. The second-order valence-electron chi connectivity index (χ2n) is 5.37. The quantitative estimate of drug-likeness (QED) is 0.863. The number of amides is 1. The van der Waals surface area contributed by atoms with E-state index in [0.29, 0.717) is 12.0 Å². The van der Waals surface area contributed by atoms with Crippen LogP contribution in [0.25, 0.3) is 0 Å². The van der Waals surface area contributed by atoms with Gasteiger partial charge in [-0.3, -0.25) is 4.79 Å². The van der Waals surface area contributed by atoms with E-state index in [2.05, 4.69) is 5.32 Å². The Morgan fingerprint density at radius 3 is 2.67 bits per heavy atom. The van der Waals surface area contributed by atoms with Gasteiger partial charge in [-0.05, 0) is 31.4 Å². The standard InChI is InChI=1S/C13H16ClFN2O3S/c1-7(4-8-2-3-8)17-13(18)10-5-9(21(16,19)20)6-11(15)12(10)14/h5-8H,2-4H2,1H3,(H,17,18)(H2,16,19,20). The fourth-order valence-corrected chi connectivity index (χ4v) is 2.85. The third-order valence-corrected chi connectivity index (χ3v) is 4.61. The summed E-state index contributed by atoms with van der Waals surface area (Å²) in [6.45, 7) is 1.84. The Morgan fingerprint density at radius 1 is 1.52 bits per heavy atom. The zero-order chi connectivity index (χ0) is 15.8. The van der Waals surface area contributed by atoms with Gasteiger partial charge < -0.3 is 5.32 Å². The lowest BCUT2D eigenvalue weighted by molar-refractivity contribution is 0.0937. The molecule has 1 saturated carbocycles. The van der Waals surface area contributed by atoms with Gasteiger partial charge >= 0.3 is 0 Å². The smallest absolute Gasteiger partial charge is 0.253 e. The van der Waals surface area contributed by atoms with Crippen LogP contribution in [0.15, 0.2) is 17.0 Å². The maximum absolute atomic E-state index is 13.7. The molecule has 0 radical (unpaired) electrons. The van der Waals surface area contributed by atoms with Crippen molar-refractivity contribution in [2.75, 3.05) is 0 Å². The van der Waals surface area contributed by atoms with E-state index >= 15 is 0 Å². The highest BCUT2D eigenvalue weighted by Gasteiger charge is 2.25. The predicted molar refractivity (Wildman–Crippen MR) is 77.1 cm³/mol. The molecule has 1 amide bonds. The Morgan fingerprint density at radius 2 is 2.14 bits per heavy atom. The van der Waals surface area contributed by atoms with Crippen molar-refractivity contribution < 1.29 is 17.6 Å². The molecule has 1 aliphatic rings. The highest BCUT2D eigenvalue weighted by Crippen LogP contribution is 2.33. The summed E-state index contributed by atoms with van der Waals surface area (Å²) in [5.41, 5.74) is -0.233. The third-order valence-electron chi connectivity index (χ3n) is 3.34. The minimum atomic E-state index is -4.11. The van der Waals surface area contributed by atoms with Crippen LogP contribution in [-0.2, 0) is 10.0 Å². The molecule has 1 fully saturated rings. The summed E-state index contributed by atoms with van der Waals surface area (Å²) in [5, 5.41) is 7.22. The number of nitrogens with two attached hydrogens (primary N) is 1. The number of carbonyl (C=O) groups excluding carboxylic acids is 1. The molecule has 8 heteroatoms. The highest BCUT2D eigenvalue weighted by atomic mass is 35.5. The van der Waals surface area contributed by atoms with Crippen molar-refractivity contribution in [3.63, 3.8) is 0 Å².